The third kappa shape index (κ3) is 2.50. The number of hydrogen-bond acceptors (Lipinski definition) is 4. The summed E-state index contributed by atoms with van der Waals surface area (Å²) >= 11 is 3.62. The van der Waals surface area contributed by atoms with Crippen molar-refractivity contribution < 1.29 is 0 Å². The molecule has 0 aromatic carbocycles. The summed E-state index contributed by atoms with van der Waals surface area (Å²) in [7, 11) is 0. The van der Waals surface area contributed by atoms with Gasteiger partial charge in [0.15, 0.2) is 0 Å². The maximum Gasteiger partial charge on any atom is 0.0830 e. The van der Waals surface area contributed by atoms with Crippen LogP contribution in [0.25, 0.3) is 10.2 Å². The second kappa shape index (κ2) is 4.63. The number of anilines is 1. The largest absolute Gasteiger partial charge is 0.382 e. The summed E-state index contributed by atoms with van der Waals surface area (Å²) in [5.74, 6) is 0. The van der Waals surface area contributed by atoms with Gasteiger partial charge in [-0.05, 0) is 37.6 Å². The summed E-state index contributed by atoms with van der Waals surface area (Å²) < 4.78 is 1.51. The van der Waals surface area contributed by atoms with Gasteiger partial charge in [-0.15, -0.1) is 11.3 Å². The molecular formula is C12H16N2S2. The number of fused-ring (bicyclic) bond motifs is 1. The molecule has 0 saturated heterocycles. The van der Waals surface area contributed by atoms with Crippen molar-refractivity contribution in [2.75, 3.05) is 18.1 Å². The highest BCUT2D eigenvalue weighted by Gasteiger charge is 2.15. The Labute approximate surface area is 104 Å². The van der Waals surface area contributed by atoms with Crippen molar-refractivity contribution in [1.29, 1.82) is 0 Å². The lowest BCUT2D eigenvalue weighted by Crippen LogP contribution is -2.25. The molecule has 2 aromatic heterocycles. The van der Waals surface area contributed by atoms with E-state index in [1.54, 1.807) is 11.3 Å². The molecule has 0 atom stereocenters. The average molecular weight is 252 g/mol. The first kappa shape index (κ1) is 11.7. The fourth-order valence-corrected chi connectivity index (χ4v) is 2.45. The maximum absolute atomic E-state index is 4.33. The molecule has 0 saturated carbocycles. The number of thiophene rings is 1. The van der Waals surface area contributed by atoms with Gasteiger partial charge in [-0.25, -0.2) is 0 Å². The minimum absolute atomic E-state index is 0.257. The Balaban J connectivity index is 2.18. The van der Waals surface area contributed by atoms with E-state index in [0.717, 1.165) is 12.1 Å². The molecule has 16 heavy (non-hydrogen) atoms. The molecule has 0 fully saturated rings. The van der Waals surface area contributed by atoms with E-state index in [0.29, 0.717) is 0 Å². The van der Waals surface area contributed by atoms with Crippen LogP contribution in [0.2, 0.25) is 0 Å². The summed E-state index contributed by atoms with van der Waals surface area (Å²) in [4.78, 5) is 4.33. The molecule has 86 valence electrons. The summed E-state index contributed by atoms with van der Waals surface area (Å²) in [5.41, 5.74) is 2.28. The normalized spacial score (nSPS) is 11.9. The van der Waals surface area contributed by atoms with Gasteiger partial charge in [-0.2, -0.15) is 11.8 Å². The maximum atomic E-state index is 4.33. The Morgan fingerprint density at radius 3 is 3.00 bits per heavy atom. The molecule has 0 aliphatic heterocycles. The van der Waals surface area contributed by atoms with Crippen LogP contribution >= 0.6 is 23.1 Å². The summed E-state index contributed by atoms with van der Waals surface area (Å²) in [6.45, 7) is 5.46. The molecule has 4 heteroatoms. The van der Waals surface area contributed by atoms with Crippen LogP contribution in [0, 0.1) is 0 Å². The molecule has 0 aliphatic carbocycles. The molecule has 2 heterocycles. The Kier molecular flexibility index (Phi) is 3.40. The SMILES string of the molecule is CSC(C)(C)CNc1ccnc2ccsc12. The lowest BCUT2D eigenvalue weighted by Gasteiger charge is -2.23. The minimum atomic E-state index is 0.257. The van der Waals surface area contributed by atoms with Crippen molar-refractivity contribution in [2.24, 2.45) is 0 Å². The van der Waals surface area contributed by atoms with Gasteiger partial charge in [0.25, 0.3) is 0 Å². The van der Waals surface area contributed by atoms with Gasteiger partial charge in [0.2, 0.25) is 0 Å². The first-order valence-corrected chi connectivity index (χ1v) is 7.34. The molecule has 0 aliphatic rings. The smallest absolute Gasteiger partial charge is 0.0830 e. The average Bonchev–Trinajstić information content (AvgIpc) is 2.75. The van der Waals surface area contributed by atoms with Gasteiger partial charge < -0.3 is 5.32 Å². The van der Waals surface area contributed by atoms with E-state index < -0.39 is 0 Å². The molecule has 0 bridgehead atoms. The van der Waals surface area contributed by atoms with Crippen molar-refractivity contribution >= 4 is 39.0 Å². The van der Waals surface area contributed by atoms with Gasteiger partial charge >= 0.3 is 0 Å². The van der Waals surface area contributed by atoms with Crippen LogP contribution in [0.5, 0.6) is 0 Å². The number of aromatic nitrogens is 1. The Hall–Kier alpha value is -0.740. The number of thioether (sulfide) groups is 1. The highest BCUT2D eigenvalue weighted by molar-refractivity contribution is 7.99. The van der Waals surface area contributed by atoms with E-state index in [-0.39, 0.29) is 4.75 Å². The van der Waals surface area contributed by atoms with Crippen LogP contribution < -0.4 is 5.32 Å². The molecule has 0 unspecified atom stereocenters. The van der Waals surface area contributed by atoms with Crippen molar-refractivity contribution in [3.05, 3.63) is 23.7 Å². The first-order chi connectivity index (χ1) is 7.62. The monoisotopic (exact) mass is 252 g/mol. The van der Waals surface area contributed by atoms with Gasteiger partial charge in [-0.1, -0.05) is 0 Å². The summed E-state index contributed by atoms with van der Waals surface area (Å²) in [6.07, 6.45) is 4.01. The molecule has 0 spiro atoms. The van der Waals surface area contributed by atoms with Crippen LogP contribution in [0.15, 0.2) is 23.7 Å². The van der Waals surface area contributed by atoms with E-state index in [4.69, 9.17) is 0 Å². The standard InChI is InChI=1S/C12H16N2S2/c1-12(2,15-3)8-14-9-4-6-13-10-5-7-16-11(9)10/h4-7H,8H2,1-3H3,(H,13,14). The van der Waals surface area contributed by atoms with Crippen molar-refractivity contribution in [2.45, 2.75) is 18.6 Å². The first-order valence-electron chi connectivity index (χ1n) is 5.24. The van der Waals surface area contributed by atoms with Crippen LogP contribution in [0.4, 0.5) is 5.69 Å². The van der Waals surface area contributed by atoms with Crippen LogP contribution in [-0.4, -0.2) is 22.5 Å². The number of hydrogen-bond donors (Lipinski definition) is 1. The Bertz CT molecular complexity index is 477. The molecule has 0 radical (unpaired) electrons. The van der Waals surface area contributed by atoms with Gasteiger partial charge in [0.05, 0.1) is 15.9 Å². The number of nitrogens with one attached hydrogen (secondary N) is 1. The van der Waals surface area contributed by atoms with Crippen LogP contribution in [0.1, 0.15) is 13.8 Å². The number of rotatable bonds is 4. The lowest BCUT2D eigenvalue weighted by molar-refractivity contribution is 0.753. The van der Waals surface area contributed by atoms with E-state index in [9.17, 15) is 0 Å². The van der Waals surface area contributed by atoms with E-state index >= 15 is 0 Å². The van der Waals surface area contributed by atoms with Gasteiger partial charge in [0, 0.05) is 17.5 Å². The fourth-order valence-electron chi connectivity index (χ4n) is 1.39. The number of nitrogens with zero attached hydrogens (tertiary/aromatic N) is 1. The highest BCUT2D eigenvalue weighted by Crippen LogP contribution is 2.28. The van der Waals surface area contributed by atoms with Crippen LogP contribution in [0.3, 0.4) is 0 Å². The van der Waals surface area contributed by atoms with E-state index in [1.165, 1.54) is 10.4 Å². The predicted molar refractivity (Wildman–Crippen MR) is 75.7 cm³/mol. The zero-order valence-corrected chi connectivity index (χ0v) is 11.4. The van der Waals surface area contributed by atoms with Crippen molar-refractivity contribution in [3.63, 3.8) is 0 Å². The minimum Gasteiger partial charge on any atom is -0.382 e. The predicted octanol–water partition coefficient (Wildman–Crippen LogP) is 3.85. The van der Waals surface area contributed by atoms with Crippen molar-refractivity contribution in [1.82, 2.24) is 4.98 Å². The highest BCUT2D eigenvalue weighted by atomic mass is 32.2. The number of pyridine rings is 1. The zero-order chi connectivity index (χ0) is 11.6. The molecule has 1 N–H and O–H groups in total. The second-order valence-corrected chi connectivity index (χ2v) is 6.74. The van der Waals surface area contributed by atoms with Crippen LogP contribution in [-0.2, 0) is 0 Å². The van der Waals surface area contributed by atoms with Crippen molar-refractivity contribution in [3.8, 4) is 0 Å². The molecular weight excluding hydrogens is 236 g/mol. The molecule has 2 nitrogen and oxygen atoms in total. The molecule has 2 rings (SSSR count). The second-order valence-electron chi connectivity index (χ2n) is 4.31. The summed E-state index contributed by atoms with van der Waals surface area (Å²) in [5, 5.41) is 5.60. The third-order valence-electron chi connectivity index (χ3n) is 2.60. The Morgan fingerprint density at radius 2 is 2.25 bits per heavy atom. The molecule has 2 aromatic rings. The topological polar surface area (TPSA) is 24.9 Å². The molecule has 0 amide bonds. The third-order valence-corrected chi connectivity index (χ3v) is 4.79. The van der Waals surface area contributed by atoms with Gasteiger partial charge in [0.1, 0.15) is 0 Å². The fraction of sp³-hybridized carbons (Fsp3) is 0.417. The van der Waals surface area contributed by atoms with E-state index in [2.05, 4.69) is 47.9 Å². The Morgan fingerprint density at radius 1 is 1.44 bits per heavy atom. The zero-order valence-electron chi connectivity index (χ0n) is 9.78. The van der Waals surface area contributed by atoms with Gasteiger partial charge in [-0.3, -0.25) is 4.98 Å². The van der Waals surface area contributed by atoms with E-state index in [1.807, 2.05) is 18.0 Å². The summed E-state index contributed by atoms with van der Waals surface area (Å²) in [6, 6.07) is 4.11. The quantitative estimate of drug-likeness (QED) is 0.894. The lowest BCUT2D eigenvalue weighted by atomic mass is 10.2.